The molecule has 0 unspecified atom stereocenters. The second-order valence-electron chi connectivity index (χ2n) is 5.92. The topological polar surface area (TPSA) is 50.8 Å². The summed E-state index contributed by atoms with van der Waals surface area (Å²) in [5.74, 6) is 0.649. The van der Waals surface area contributed by atoms with Crippen LogP contribution in [-0.2, 0) is 13.1 Å². The Morgan fingerprint density at radius 2 is 2.20 bits per heavy atom. The lowest BCUT2D eigenvalue weighted by Gasteiger charge is -2.20. The summed E-state index contributed by atoms with van der Waals surface area (Å²) in [4.78, 5) is 20.5. The Balaban J connectivity index is 1.65. The summed E-state index contributed by atoms with van der Waals surface area (Å²) < 4.78 is 7.30. The number of aryl methyl sites for hydroxylation is 1. The zero-order valence-electron chi connectivity index (χ0n) is 13.8. The van der Waals surface area contributed by atoms with Gasteiger partial charge < -0.3 is 13.7 Å². The molecule has 0 N–H and O–H groups in total. The van der Waals surface area contributed by atoms with Crippen LogP contribution in [0.25, 0.3) is 5.65 Å². The monoisotopic (exact) mass is 351 g/mol. The number of thiophene rings is 1. The molecule has 0 aliphatic carbocycles. The maximum Gasteiger partial charge on any atom is 0.274 e. The fourth-order valence-electron chi connectivity index (χ4n) is 2.73. The molecule has 126 valence electrons. The molecule has 0 atom stereocenters. The van der Waals surface area contributed by atoms with E-state index in [9.17, 15) is 4.79 Å². The van der Waals surface area contributed by atoms with Gasteiger partial charge in [0.1, 0.15) is 17.1 Å². The number of nitrogens with zero attached hydrogens (tertiary/aromatic N) is 3. The summed E-state index contributed by atoms with van der Waals surface area (Å²) in [5.41, 5.74) is 2.33. The lowest BCUT2D eigenvalue weighted by molar-refractivity contribution is 0.0714. The standard InChI is InChI=1S/C19H17N3O2S/c1-14-6-7-21-13-17(20-18(21)10-14)19(23)22(11-15-4-2-8-24-15)12-16-5-3-9-25-16/h2-10,13H,11-12H2,1H3. The van der Waals surface area contributed by atoms with E-state index in [0.29, 0.717) is 18.8 Å². The second-order valence-corrected chi connectivity index (χ2v) is 6.95. The maximum absolute atomic E-state index is 13.1. The summed E-state index contributed by atoms with van der Waals surface area (Å²) in [6, 6.07) is 11.7. The molecule has 0 radical (unpaired) electrons. The summed E-state index contributed by atoms with van der Waals surface area (Å²) in [6.07, 6.45) is 5.32. The lowest BCUT2D eigenvalue weighted by atomic mass is 10.3. The zero-order valence-corrected chi connectivity index (χ0v) is 14.6. The van der Waals surface area contributed by atoms with Crippen LogP contribution < -0.4 is 0 Å². The first-order chi connectivity index (χ1) is 12.2. The first kappa shape index (κ1) is 15.7. The Kier molecular flexibility index (Phi) is 4.11. The fraction of sp³-hybridized carbons (Fsp3) is 0.158. The molecule has 0 aliphatic heterocycles. The molecule has 6 heteroatoms. The Bertz CT molecular complexity index is 951. The van der Waals surface area contributed by atoms with Crippen molar-refractivity contribution in [3.63, 3.8) is 0 Å². The van der Waals surface area contributed by atoms with Crippen LogP contribution in [0.5, 0.6) is 0 Å². The third-order valence-electron chi connectivity index (χ3n) is 3.98. The molecule has 25 heavy (non-hydrogen) atoms. The van der Waals surface area contributed by atoms with Crippen LogP contribution in [0.15, 0.2) is 64.9 Å². The van der Waals surface area contributed by atoms with E-state index in [1.165, 1.54) is 0 Å². The number of hydrogen-bond acceptors (Lipinski definition) is 4. The third kappa shape index (κ3) is 3.34. The Morgan fingerprint density at radius 3 is 2.96 bits per heavy atom. The number of fused-ring (bicyclic) bond motifs is 1. The van der Waals surface area contributed by atoms with E-state index in [-0.39, 0.29) is 5.91 Å². The van der Waals surface area contributed by atoms with Crippen molar-refractivity contribution in [2.45, 2.75) is 20.0 Å². The van der Waals surface area contributed by atoms with Crippen LogP contribution in [-0.4, -0.2) is 20.2 Å². The number of furan rings is 1. The van der Waals surface area contributed by atoms with Gasteiger partial charge in [-0.2, -0.15) is 0 Å². The van der Waals surface area contributed by atoms with Crippen molar-refractivity contribution >= 4 is 22.9 Å². The quantitative estimate of drug-likeness (QED) is 0.543. The van der Waals surface area contributed by atoms with Crippen molar-refractivity contribution in [3.05, 3.63) is 82.3 Å². The van der Waals surface area contributed by atoms with Crippen LogP contribution in [0.2, 0.25) is 0 Å². The molecule has 4 aromatic rings. The highest BCUT2D eigenvalue weighted by molar-refractivity contribution is 7.09. The molecule has 5 nitrogen and oxygen atoms in total. The maximum atomic E-state index is 13.1. The van der Waals surface area contributed by atoms with E-state index in [1.54, 1.807) is 28.7 Å². The van der Waals surface area contributed by atoms with Gasteiger partial charge in [0.15, 0.2) is 0 Å². The first-order valence-corrected chi connectivity index (χ1v) is 8.86. The van der Waals surface area contributed by atoms with Gasteiger partial charge in [-0.3, -0.25) is 4.79 Å². The Labute approximate surface area is 149 Å². The van der Waals surface area contributed by atoms with Crippen molar-refractivity contribution in [1.82, 2.24) is 14.3 Å². The van der Waals surface area contributed by atoms with E-state index in [1.807, 2.05) is 59.3 Å². The highest BCUT2D eigenvalue weighted by Gasteiger charge is 2.21. The molecule has 0 saturated carbocycles. The first-order valence-electron chi connectivity index (χ1n) is 7.98. The largest absolute Gasteiger partial charge is 0.467 e. The van der Waals surface area contributed by atoms with E-state index < -0.39 is 0 Å². The van der Waals surface area contributed by atoms with E-state index in [0.717, 1.165) is 21.8 Å². The highest BCUT2D eigenvalue weighted by atomic mass is 32.1. The molecule has 0 saturated heterocycles. The number of amides is 1. The average Bonchev–Trinajstić information content (AvgIpc) is 3.34. The van der Waals surface area contributed by atoms with Crippen LogP contribution in [0.3, 0.4) is 0 Å². The fourth-order valence-corrected chi connectivity index (χ4v) is 3.45. The molecule has 4 aromatic heterocycles. The van der Waals surface area contributed by atoms with Gasteiger partial charge in [-0.25, -0.2) is 4.98 Å². The SMILES string of the molecule is Cc1ccn2cc(C(=O)N(Cc3ccco3)Cc3cccs3)nc2c1. The number of carbonyl (C=O) groups is 1. The van der Waals surface area contributed by atoms with Crippen molar-refractivity contribution in [2.24, 2.45) is 0 Å². The Morgan fingerprint density at radius 1 is 1.28 bits per heavy atom. The number of rotatable bonds is 5. The minimum absolute atomic E-state index is 0.105. The third-order valence-corrected chi connectivity index (χ3v) is 4.84. The molecule has 4 heterocycles. The molecule has 4 rings (SSSR count). The minimum Gasteiger partial charge on any atom is -0.467 e. The number of pyridine rings is 1. The van der Waals surface area contributed by atoms with Gasteiger partial charge in [0.2, 0.25) is 0 Å². The smallest absolute Gasteiger partial charge is 0.274 e. The predicted molar refractivity (Wildman–Crippen MR) is 96.5 cm³/mol. The van der Waals surface area contributed by atoms with Crippen molar-refractivity contribution in [2.75, 3.05) is 0 Å². The normalized spacial score (nSPS) is 11.1. The number of hydrogen-bond donors (Lipinski definition) is 0. The van der Waals surface area contributed by atoms with Crippen molar-refractivity contribution < 1.29 is 9.21 Å². The number of imidazole rings is 1. The average molecular weight is 351 g/mol. The molecular weight excluding hydrogens is 334 g/mol. The van der Waals surface area contributed by atoms with E-state index >= 15 is 0 Å². The molecule has 0 fully saturated rings. The molecule has 0 aliphatic rings. The van der Waals surface area contributed by atoms with Crippen LogP contribution in [0.4, 0.5) is 0 Å². The molecule has 0 bridgehead atoms. The summed E-state index contributed by atoms with van der Waals surface area (Å²) in [7, 11) is 0. The lowest BCUT2D eigenvalue weighted by Crippen LogP contribution is -2.30. The van der Waals surface area contributed by atoms with Gasteiger partial charge >= 0.3 is 0 Å². The molecule has 0 aromatic carbocycles. The number of aromatic nitrogens is 2. The van der Waals surface area contributed by atoms with Crippen LogP contribution >= 0.6 is 11.3 Å². The zero-order chi connectivity index (χ0) is 17.2. The van der Waals surface area contributed by atoms with Crippen molar-refractivity contribution in [3.8, 4) is 0 Å². The van der Waals surface area contributed by atoms with Gasteiger partial charge in [0.25, 0.3) is 5.91 Å². The number of carbonyl (C=O) groups excluding carboxylic acids is 1. The molecule has 1 amide bonds. The molecular formula is C19H17N3O2S. The molecule has 0 spiro atoms. The summed E-state index contributed by atoms with van der Waals surface area (Å²) in [5, 5.41) is 2.01. The van der Waals surface area contributed by atoms with Gasteiger partial charge in [0, 0.05) is 17.3 Å². The van der Waals surface area contributed by atoms with Crippen LogP contribution in [0, 0.1) is 6.92 Å². The Hall–Kier alpha value is -2.86. The van der Waals surface area contributed by atoms with E-state index in [4.69, 9.17) is 4.42 Å². The highest BCUT2D eigenvalue weighted by Crippen LogP contribution is 2.18. The van der Waals surface area contributed by atoms with Gasteiger partial charge in [-0.05, 0) is 48.2 Å². The summed E-state index contributed by atoms with van der Waals surface area (Å²) >= 11 is 1.63. The van der Waals surface area contributed by atoms with E-state index in [2.05, 4.69) is 4.98 Å². The summed E-state index contributed by atoms with van der Waals surface area (Å²) in [6.45, 7) is 2.96. The van der Waals surface area contributed by atoms with Gasteiger partial charge in [-0.1, -0.05) is 6.07 Å². The minimum atomic E-state index is -0.105. The van der Waals surface area contributed by atoms with Gasteiger partial charge in [-0.15, -0.1) is 11.3 Å². The van der Waals surface area contributed by atoms with Gasteiger partial charge in [0.05, 0.1) is 19.4 Å². The van der Waals surface area contributed by atoms with Crippen molar-refractivity contribution in [1.29, 1.82) is 0 Å². The van der Waals surface area contributed by atoms with Crippen LogP contribution in [0.1, 0.15) is 26.7 Å². The second kappa shape index (κ2) is 6.57. The predicted octanol–water partition coefficient (Wildman–Crippen LogP) is 4.14.